The Morgan fingerprint density at radius 2 is 0.833 bits per heavy atom. The Kier molecular flexibility index (Phi) is 31.8. The van der Waals surface area contributed by atoms with E-state index in [0.717, 1.165) is 57.8 Å². The van der Waals surface area contributed by atoms with Crippen LogP contribution in [-0.2, 0) is 24.4 Å². The van der Waals surface area contributed by atoms with Crippen LogP contribution in [0.25, 0.3) is 0 Å². The Hall–Kier alpha value is 1.01. The third-order valence-corrected chi connectivity index (χ3v) is 10.2. The van der Waals surface area contributed by atoms with Crippen molar-refractivity contribution in [1.29, 1.82) is 0 Å². The van der Waals surface area contributed by atoms with Crippen molar-refractivity contribution in [2.24, 2.45) is 0 Å². The summed E-state index contributed by atoms with van der Waals surface area (Å²) in [6.45, 7) is 4.34. The maximum atomic E-state index is 12.3. The van der Waals surface area contributed by atoms with Gasteiger partial charge in [0, 0.05) is 0 Å². The average molecular weight is 543 g/mol. The molecule has 0 bridgehead atoms. The molecule has 0 aromatic heterocycles. The van der Waals surface area contributed by atoms with Gasteiger partial charge in [0.05, 0.1) is 6.61 Å². The van der Waals surface area contributed by atoms with Gasteiger partial charge in [0.15, 0.2) is 0 Å². The number of hydrogen-bond acceptors (Lipinski definition) is 5. The molecule has 0 spiro atoms. The zero-order valence-corrected chi connectivity index (χ0v) is 23.8. The summed E-state index contributed by atoms with van der Waals surface area (Å²) in [5.74, 6) is 0. The van der Waals surface area contributed by atoms with Gasteiger partial charge in [-0.15, -0.1) is 0 Å². The fourth-order valence-corrected chi connectivity index (χ4v) is 7.04. The van der Waals surface area contributed by atoms with Crippen molar-refractivity contribution >= 4 is 58.0 Å². The summed E-state index contributed by atoms with van der Waals surface area (Å²) in [7, 11) is -9.04. The molecule has 0 saturated heterocycles. The van der Waals surface area contributed by atoms with E-state index in [0.29, 0.717) is 12.8 Å². The molecule has 6 nitrogen and oxygen atoms in total. The second-order valence-corrected chi connectivity index (χ2v) is 13.5. The molecule has 0 aliphatic carbocycles. The van der Waals surface area contributed by atoms with Gasteiger partial charge in [-0.3, -0.25) is 8.74 Å². The molecule has 1 unspecified atom stereocenters. The molecular weight excluding hydrogens is 486 g/mol. The first-order valence-electron chi connectivity index (χ1n) is 14.1. The second-order valence-electron chi connectivity index (χ2n) is 9.77. The van der Waals surface area contributed by atoms with E-state index < -0.39 is 24.8 Å². The van der Waals surface area contributed by atoms with E-state index in [1.807, 2.05) is 0 Å². The molecule has 0 amide bonds. The second kappa shape index (κ2) is 27.6. The third kappa shape index (κ3) is 25.3. The SMILES string of the molecule is CCCCCCCCCCCCCCCCCC(S(=O)(=O)O)S(=O)(=O)OCCCCCCCC.[LiH].[LiH]. The van der Waals surface area contributed by atoms with Crippen LogP contribution >= 0.6 is 0 Å². The van der Waals surface area contributed by atoms with Gasteiger partial charge in [-0.2, -0.15) is 16.8 Å². The van der Waals surface area contributed by atoms with Crippen LogP contribution in [0.5, 0.6) is 0 Å². The molecule has 0 aliphatic rings. The van der Waals surface area contributed by atoms with Crippen molar-refractivity contribution in [2.75, 3.05) is 6.61 Å². The molecule has 0 fully saturated rings. The minimum absolute atomic E-state index is 0. The molecule has 0 rings (SSSR count). The zero-order chi connectivity index (χ0) is 25.5. The van der Waals surface area contributed by atoms with Crippen molar-refractivity contribution in [3.63, 3.8) is 0 Å². The predicted octanol–water partition coefficient (Wildman–Crippen LogP) is 6.87. The first kappa shape index (κ1) is 41.5. The molecule has 210 valence electrons. The molecule has 1 N–H and O–H groups in total. The van der Waals surface area contributed by atoms with Crippen LogP contribution < -0.4 is 0 Å². The molecule has 1 atom stereocenters. The minimum atomic E-state index is -4.71. The van der Waals surface area contributed by atoms with E-state index in [2.05, 4.69) is 13.8 Å². The summed E-state index contributed by atoms with van der Waals surface area (Å²) in [5, 5.41) is 0. The van der Waals surface area contributed by atoms with Gasteiger partial charge in [-0.1, -0.05) is 142 Å². The van der Waals surface area contributed by atoms with Crippen molar-refractivity contribution in [3.8, 4) is 0 Å². The van der Waals surface area contributed by atoms with Crippen molar-refractivity contribution in [3.05, 3.63) is 0 Å². The Morgan fingerprint density at radius 1 is 0.528 bits per heavy atom. The number of hydrogen-bond donors (Lipinski definition) is 1. The molecule has 0 heterocycles. The van der Waals surface area contributed by atoms with Gasteiger partial charge in [-0.05, 0) is 12.8 Å². The normalized spacial score (nSPS) is 12.6. The first-order valence-corrected chi connectivity index (χ1v) is 17.1. The molecule has 10 heteroatoms. The van der Waals surface area contributed by atoms with Crippen molar-refractivity contribution in [2.45, 2.75) is 160 Å². The number of rotatable bonds is 26. The molecular formula is C26H56Li2O6S2. The summed E-state index contributed by atoms with van der Waals surface area (Å²) < 4.78 is 60.5. The van der Waals surface area contributed by atoms with Gasteiger partial charge in [0.25, 0.3) is 20.2 Å². The fourth-order valence-electron chi connectivity index (χ4n) is 4.26. The summed E-state index contributed by atoms with van der Waals surface area (Å²) in [5.41, 5.74) is 0. The van der Waals surface area contributed by atoms with Gasteiger partial charge >= 0.3 is 37.7 Å². The van der Waals surface area contributed by atoms with E-state index in [9.17, 15) is 21.4 Å². The van der Waals surface area contributed by atoms with Crippen LogP contribution in [0.4, 0.5) is 0 Å². The van der Waals surface area contributed by atoms with Gasteiger partial charge < -0.3 is 0 Å². The molecule has 0 aromatic carbocycles. The Bertz CT molecular complexity index is 657. The summed E-state index contributed by atoms with van der Waals surface area (Å²) in [4.78, 5) is 0. The van der Waals surface area contributed by atoms with Crippen LogP contribution in [0.3, 0.4) is 0 Å². The van der Waals surface area contributed by atoms with Crippen molar-refractivity contribution in [1.82, 2.24) is 0 Å². The molecule has 0 radical (unpaired) electrons. The summed E-state index contributed by atoms with van der Waals surface area (Å²) >= 11 is 0. The van der Waals surface area contributed by atoms with Crippen LogP contribution in [0.15, 0.2) is 0 Å². The molecule has 0 aromatic rings. The monoisotopic (exact) mass is 542 g/mol. The van der Waals surface area contributed by atoms with Crippen LogP contribution in [0.2, 0.25) is 0 Å². The molecule has 36 heavy (non-hydrogen) atoms. The third-order valence-electron chi connectivity index (χ3n) is 6.44. The van der Waals surface area contributed by atoms with Gasteiger partial charge in [0.2, 0.25) is 4.58 Å². The van der Waals surface area contributed by atoms with Gasteiger partial charge in [-0.25, -0.2) is 0 Å². The molecule has 0 saturated carbocycles. The van der Waals surface area contributed by atoms with Crippen LogP contribution in [0, 0.1) is 0 Å². The topological polar surface area (TPSA) is 97.7 Å². The number of unbranched alkanes of at least 4 members (excludes halogenated alkanes) is 19. The maximum absolute atomic E-state index is 12.3. The van der Waals surface area contributed by atoms with Crippen LogP contribution in [-0.4, -0.2) is 70.3 Å². The quantitative estimate of drug-likeness (QED) is 0.0554. The predicted molar refractivity (Wildman–Crippen MR) is 157 cm³/mol. The Morgan fingerprint density at radius 3 is 1.17 bits per heavy atom. The van der Waals surface area contributed by atoms with Crippen LogP contribution in [0.1, 0.15) is 155 Å². The van der Waals surface area contributed by atoms with Crippen molar-refractivity contribution < 1.29 is 25.6 Å². The van der Waals surface area contributed by atoms with E-state index in [1.165, 1.54) is 64.2 Å². The Labute approximate surface area is 248 Å². The Balaban J connectivity index is -0.00000544. The standard InChI is InChI=1S/C26H54O6S2.2Li.2H/c1-3-5-7-9-11-12-13-14-15-16-17-18-19-20-22-24-26(33(27,28)29)34(30,31)32-25-23-21-10-8-6-4-2;;;;/h26H,3-25H2,1-2H3,(H,27,28,29);;;;. The van der Waals surface area contributed by atoms with E-state index in [-0.39, 0.29) is 50.7 Å². The van der Waals surface area contributed by atoms with E-state index >= 15 is 0 Å². The van der Waals surface area contributed by atoms with E-state index in [1.54, 1.807) is 0 Å². The fraction of sp³-hybridized carbons (Fsp3) is 1.00. The molecule has 0 aliphatic heterocycles. The summed E-state index contributed by atoms with van der Waals surface area (Å²) in [6.07, 6.45) is 23.4. The summed E-state index contributed by atoms with van der Waals surface area (Å²) in [6, 6.07) is 0. The zero-order valence-electron chi connectivity index (χ0n) is 22.1. The van der Waals surface area contributed by atoms with E-state index in [4.69, 9.17) is 4.18 Å². The average Bonchev–Trinajstić information content (AvgIpc) is 2.77. The first-order chi connectivity index (χ1) is 16.3. The van der Waals surface area contributed by atoms with Gasteiger partial charge in [0.1, 0.15) is 0 Å².